The normalized spacial score (nSPS) is 23.5. The predicted octanol–water partition coefficient (Wildman–Crippen LogP) is 1.38. The van der Waals surface area contributed by atoms with E-state index in [-0.39, 0.29) is 0 Å². The van der Waals surface area contributed by atoms with Crippen molar-refractivity contribution in [1.29, 1.82) is 0 Å². The van der Waals surface area contributed by atoms with E-state index in [4.69, 9.17) is 4.74 Å². The number of anilines is 1. The SMILES string of the molecule is COc1ccc2c(c1)N(C1CN1)CCC2. The number of benzene rings is 1. The minimum absolute atomic E-state index is 0.566. The Morgan fingerprint density at radius 3 is 3.07 bits per heavy atom. The number of methoxy groups -OCH3 is 1. The van der Waals surface area contributed by atoms with Crippen LogP contribution in [0.5, 0.6) is 5.75 Å². The number of nitrogens with one attached hydrogen (secondary N) is 1. The summed E-state index contributed by atoms with van der Waals surface area (Å²) in [6, 6.07) is 6.42. The van der Waals surface area contributed by atoms with Crippen LogP contribution in [0.1, 0.15) is 12.0 Å². The molecule has 0 aromatic heterocycles. The molecular formula is C12H16N2O. The maximum absolute atomic E-state index is 5.28. The summed E-state index contributed by atoms with van der Waals surface area (Å²) in [7, 11) is 1.73. The molecule has 1 unspecified atom stereocenters. The standard InChI is InChI=1S/C12H16N2O/c1-15-10-5-4-9-3-2-6-14(11(9)7-10)12-8-13-12/h4-5,7,12-13H,2-3,6,8H2,1H3. The Balaban J connectivity index is 1.99. The molecule has 1 fully saturated rings. The highest BCUT2D eigenvalue weighted by molar-refractivity contribution is 5.60. The summed E-state index contributed by atoms with van der Waals surface area (Å²) >= 11 is 0. The number of ether oxygens (including phenoxy) is 1. The Hall–Kier alpha value is -1.22. The molecule has 0 saturated carbocycles. The number of rotatable bonds is 2. The molecule has 3 nitrogen and oxygen atoms in total. The van der Waals surface area contributed by atoms with Crippen molar-refractivity contribution < 1.29 is 4.74 Å². The van der Waals surface area contributed by atoms with E-state index in [2.05, 4.69) is 28.4 Å². The van der Waals surface area contributed by atoms with Gasteiger partial charge >= 0.3 is 0 Å². The number of aryl methyl sites for hydroxylation is 1. The molecular weight excluding hydrogens is 188 g/mol. The molecule has 0 aliphatic carbocycles. The Morgan fingerprint density at radius 1 is 1.47 bits per heavy atom. The molecule has 1 aromatic carbocycles. The van der Waals surface area contributed by atoms with Crippen LogP contribution in [0, 0.1) is 0 Å². The van der Waals surface area contributed by atoms with Gasteiger partial charge in [-0.1, -0.05) is 6.07 Å². The van der Waals surface area contributed by atoms with Crippen LogP contribution >= 0.6 is 0 Å². The van der Waals surface area contributed by atoms with Crippen LogP contribution in [0.15, 0.2) is 18.2 Å². The highest BCUT2D eigenvalue weighted by atomic mass is 16.5. The van der Waals surface area contributed by atoms with Gasteiger partial charge in [-0.15, -0.1) is 0 Å². The molecule has 3 heteroatoms. The molecule has 0 spiro atoms. The first-order valence-corrected chi connectivity index (χ1v) is 5.55. The summed E-state index contributed by atoms with van der Waals surface area (Å²) in [5.74, 6) is 0.960. The van der Waals surface area contributed by atoms with Crippen molar-refractivity contribution in [3.8, 4) is 5.75 Å². The van der Waals surface area contributed by atoms with Crippen LogP contribution in [0.25, 0.3) is 0 Å². The van der Waals surface area contributed by atoms with Gasteiger partial charge in [0.05, 0.1) is 13.3 Å². The monoisotopic (exact) mass is 204 g/mol. The predicted molar refractivity (Wildman–Crippen MR) is 60.5 cm³/mol. The van der Waals surface area contributed by atoms with Crippen molar-refractivity contribution in [1.82, 2.24) is 5.32 Å². The Labute approximate surface area is 90.0 Å². The molecule has 0 amide bonds. The third kappa shape index (κ3) is 1.57. The van der Waals surface area contributed by atoms with E-state index in [9.17, 15) is 0 Å². The van der Waals surface area contributed by atoms with Crippen LogP contribution in [-0.4, -0.2) is 26.4 Å². The summed E-state index contributed by atoms with van der Waals surface area (Å²) in [5.41, 5.74) is 2.81. The second-order valence-corrected chi connectivity index (χ2v) is 4.22. The second-order valence-electron chi connectivity index (χ2n) is 4.22. The van der Waals surface area contributed by atoms with Crippen molar-refractivity contribution in [2.24, 2.45) is 0 Å². The molecule has 80 valence electrons. The summed E-state index contributed by atoms with van der Waals surface area (Å²) in [5, 5.41) is 3.37. The van der Waals surface area contributed by atoms with E-state index in [0.29, 0.717) is 6.17 Å². The summed E-state index contributed by atoms with van der Waals surface area (Å²) in [4.78, 5) is 2.46. The molecule has 2 aliphatic rings. The van der Waals surface area contributed by atoms with Gasteiger partial charge in [-0.25, -0.2) is 0 Å². The Morgan fingerprint density at radius 2 is 2.33 bits per heavy atom. The third-order valence-electron chi connectivity index (χ3n) is 3.21. The van der Waals surface area contributed by atoms with Crippen LogP contribution in [0.3, 0.4) is 0 Å². The fourth-order valence-electron chi connectivity index (χ4n) is 2.31. The van der Waals surface area contributed by atoms with Crippen molar-refractivity contribution in [3.05, 3.63) is 23.8 Å². The number of fused-ring (bicyclic) bond motifs is 1. The van der Waals surface area contributed by atoms with Gasteiger partial charge in [0.15, 0.2) is 0 Å². The smallest absolute Gasteiger partial charge is 0.120 e. The van der Waals surface area contributed by atoms with E-state index < -0.39 is 0 Å². The first kappa shape index (κ1) is 9.04. The summed E-state index contributed by atoms with van der Waals surface area (Å²) < 4.78 is 5.28. The minimum atomic E-state index is 0.566. The zero-order chi connectivity index (χ0) is 10.3. The lowest BCUT2D eigenvalue weighted by Gasteiger charge is -2.30. The molecule has 3 rings (SSSR count). The van der Waals surface area contributed by atoms with E-state index in [1.165, 1.54) is 24.1 Å². The fraction of sp³-hybridized carbons (Fsp3) is 0.500. The van der Waals surface area contributed by atoms with Crippen LogP contribution in [0.2, 0.25) is 0 Å². The summed E-state index contributed by atoms with van der Waals surface area (Å²) in [6.45, 7) is 2.29. The van der Waals surface area contributed by atoms with Crippen molar-refractivity contribution in [2.75, 3.05) is 25.1 Å². The Bertz CT molecular complexity index is 374. The minimum Gasteiger partial charge on any atom is -0.497 e. The van der Waals surface area contributed by atoms with Crippen LogP contribution in [0.4, 0.5) is 5.69 Å². The third-order valence-corrected chi connectivity index (χ3v) is 3.21. The zero-order valence-corrected chi connectivity index (χ0v) is 8.99. The lowest BCUT2D eigenvalue weighted by atomic mass is 10.0. The average Bonchev–Trinajstić information content (AvgIpc) is 3.11. The van der Waals surface area contributed by atoms with Crippen molar-refractivity contribution in [3.63, 3.8) is 0 Å². The fourth-order valence-corrected chi connectivity index (χ4v) is 2.31. The molecule has 1 atom stereocenters. The van der Waals surface area contributed by atoms with E-state index in [1.54, 1.807) is 7.11 Å². The van der Waals surface area contributed by atoms with Gasteiger partial charge in [0.25, 0.3) is 0 Å². The molecule has 15 heavy (non-hydrogen) atoms. The number of hydrogen-bond acceptors (Lipinski definition) is 3. The average molecular weight is 204 g/mol. The maximum Gasteiger partial charge on any atom is 0.120 e. The topological polar surface area (TPSA) is 34.4 Å². The van der Waals surface area contributed by atoms with Crippen molar-refractivity contribution in [2.45, 2.75) is 19.0 Å². The first-order valence-electron chi connectivity index (χ1n) is 5.55. The largest absolute Gasteiger partial charge is 0.497 e. The van der Waals surface area contributed by atoms with Gasteiger partial charge in [0.2, 0.25) is 0 Å². The number of hydrogen-bond donors (Lipinski definition) is 1. The van der Waals surface area contributed by atoms with Crippen molar-refractivity contribution >= 4 is 5.69 Å². The zero-order valence-electron chi connectivity index (χ0n) is 8.99. The van der Waals surface area contributed by atoms with Gasteiger partial charge in [-0.05, 0) is 24.5 Å². The summed E-state index contributed by atoms with van der Waals surface area (Å²) in [6.07, 6.45) is 3.02. The molecule has 1 saturated heterocycles. The molecule has 1 N–H and O–H groups in total. The van der Waals surface area contributed by atoms with E-state index in [1.807, 2.05) is 0 Å². The van der Waals surface area contributed by atoms with Gasteiger partial charge in [-0.2, -0.15) is 0 Å². The van der Waals surface area contributed by atoms with Gasteiger partial charge in [0, 0.05) is 24.8 Å². The molecule has 1 aromatic rings. The molecule has 2 heterocycles. The van der Waals surface area contributed by atoms with E-state index in [0.717, 1.165) is 18.8 Å². The molecule has 0 radical (unpaired) electrons. The molecule has 0 bridgehead atoms. The second kappa shape index (κ2) is 3.42. The van der Waals surface area contributed by atoms with Gasteiger partial charge in [0.1, 0.15) is 5.75 Å². The lowest BCUT2D eigenvalue weighted by molar-refractivity contribution is 0.414. The van der Waals surface area contributed by atoms with Gasteiger partial charge in [-0.3, -0.25) is 5.32 Å². The maximum atomic E-state index is 5.28. The lowest BCUT2D eigenvalue weighted by Crippen LogP contribution is -2.33. The quantitative estimate of drug-likeness (QED) is 0.739. The van der Waals surface area contributed by atoms with Gasteiger partial charge < -0.3 is 9.64 Å². The highest BCUT2D eigenvalue weighted by Gasteiger charge is 2.31. The number of nitrogens with zero attached hydrogens (tertiary/aromatic N) is 1. The first-order chi connectivity index (χ1) is 7.38. The van der Waals surface area contributed by atoms with Crippen LogP contribution < -0.4 is 15.0 Å². The molecule has 2 aliphatic heterocycles. The highest BCUT2D eigenvalue weighted by Crippen LogP contribution is 2.33. The van der Waals surface area contributed by atoms with Crippen LogP contribution in [-0.2, 0) is 6.42 Å². The van der Waals surface area contributed by atoms with E-state index >= 15 is 0 Å². The Kier molecular flexibility index (Phi) is 2.06.